The summed E-state index contributed by atoms with van der Waals surface area (Å²) in [5, 5.41) is 0. The molecule has 0 aliphatic heterocycles. The van der Waals surface area contributed by atoms with Crippen molar-refractivity contribution in [3.05, 3.63) is 23.9 Å². The second-order valence-electron chi connectivity index (χ2n) is 3.63. The highest BCUT2D eigenvalue weighted by Crippen LogP contribution is 2.16. The Morgan fingerprint density at radius 3 is 2.79 bits per heavy atom. The number of nitrogens with two attached hydrogens (primary N) is 1. The Kier molecular flexibility index (Phi) is 4.40. The Hall–Kier alpha value is -1.09. The number of pyridine rings is 1. The molecule has 14 heavy (non-hydrogen) atoms. The van der Waals surface area contributed by atoms with Crippen molar-refractivity contribution in [3.63, 3.8) is 0 Å². The maximum Gasteiger partial charge on any atom is 0.131 e. The summed E-state index contributed by atoms with van der Waals surface area (Å²) in [5.74, 6) is 1.07. The number of rotatable bonds is 5. The first-order chi connectivity index (χ1) is 6.75. The minimum absolute atomic E-state index is 0.775. The quantitative estimate of drug-likeness (QED) is 0.719. The van der Waals surface area contributed by atoms with Crippen LogP contribution in [0.5, 0.6) is 0 Å². The van der Waals surface area contributed by atoms with Crippen LogP contribution in [0.3, 0.4) is 0 Å². The molecule has 1 aromatic rings. The van der Waals surface area contributed by atoms with E-state index in [4.69, 9.17) is 5.73 Å². The lowest BCUT2D eigenvalue weighted by atomic mass is 10.1. The van der Waals surface area contributed by atoms with Crippen molar-refractivity contribution in [2.75, 3.05) is 25.5 Å². The molecule has 0 atom stereocenters. The van der Waals surface area contributed by atoms with E-state index in [1.54, 1.807) is 0 Å². The van der Waals surface area contributed by atoms with E-state index in [1.165, 1.54) is 5.56 Å². The molecule has 3 nitrogen and oxygen atoms in total. The Balaban J connectivity index is 2.64. The van der Waals surface area contributed by atoms with Crippen molar-refractivity contribution < 1.29 is 0 Å². The first kappa shape index (κ1) is 11.0. The van der Waals surface area contributed by atoms with Crippen molar-refractivity contribution in [1.82, 2.24) is 4.98 Å². The molecule has 1 aromatic heterocycles. The molecule has 0 bridgehead atoms. The molecule has 2 N–H and O–H groups in total. The summed E-state index contributed by atoms with van der Waals surface area (Å²) in [6.45, 7) is 0.775. The van der Waals surface area contributed by atoms with Gasteiger partial charge in [-0.1, -0.05) is 6.07 Å². The zero-order valence-corrected chi connectivity index (χ0v) is 9.03. The number of unbranched alkanes of at least 4 members (excludes halogenated alkanes) is 1. The van der Waals surface area contributed by atoms with Gasteiger partial charge in [0.25, 0.3) is 0 Å². The summed E-state index contributed by atoms with van der Waals surface area (Å²) in [6.07, 6.45) is 5.13. The van der Waals surface area contributed by atoms with E-state index in [9.17, 15) is 0 Å². The molecule has 0 aromatic carbocycles. The summed E-state index contributed by atoms with van der Waals surface area (Å²) < 4.78 is 0. The van der Waals surface area contributed by atoms with Gasteiger partial charge < -0.3 is 10.6 Å². The Morgan fingerprint density at radius 2 is 2.14 bits per heavy atom. The summed E-state index contributed by atoms with van der Waals surface area (Å²) in [6, 6.07) is 4.13. The first-order valence-electron chi connectivity index (χ1n) is 5.07. The van der Waals surface area contributed by atoms with Crippen molar-refractivity contribution >= 4 is 5.82 Å². The molecule has 0 aliphatic carbocycles. The SMILES string of the molecule is CN(C)c1ncccc1CCCCN. The van der Waals surface area contributed by atoms with E-state index in [0.29, 0.717) is 0 Å². The normalized spacial score (nSPS) is 10.2. The predicted octanol–water partition coefficient (Wildman–Crippen LogP) is 1.43. The lowest BCUT2D eigenvalue weighted by molar-refractivity contribution is 0.741. The third-order valence-corrected chi connectivity index (χ3v) is 2.19. The topological polar surface area (TPSA) is 42.2 Å². The number of anilines is 1. The van der Waals surface area contributed by atoms with Crippen LogP contribution in [0.1, 0.15) is 18.4 Å². The molecule has 0 aliphatic rings. The minimum Gasteiger partial charge on any atom is -0.363 e. The average molecular weight is 193 g/mol. The van der Waals surface area contributed by atoms with Gasteiger partial charge >= 0.3 is 0 Å². The van der Waals surface area contributed by atoms with Crippen molar-refractivity contribution in [3.8, 4) is 0 Å². The van der Waals surface area contributed by atoms with E-state index in [2.05, 4.69) is 16.0 Å². The fraction of sp³-hybridized carbons (Fsp3) is 0.545. The second kappa shape index (κ2) is 5.60. The fourth-order valence-electron chi connectivity index (χ4n) is 1.49. The van der Waals surface area contributed by atoms with Gasteiger partial charge in [0, 0.05) is 20.3 Å². The number of nitrogens with zero attached hydrogens (tertiary/aromatic N) is 2. The maximum absolute atomic E-state index is 5.46. The molecular formula is C11H19N3. The monoisotopic (exact) mass is 193 g/mol. The number of aromatic nitrogens is 1. The van der Waals surface area contributed by atoms with E-state index in [0.717, 1.165) is 31.6 Å². The van der Waals surface area contributed by atoms with E-state index < -0.39 is 0 Å². The predicted molar refractivity (Wildman–Crippen MR) is 60.6 cm³/mol. The molecule has 0 radical (unpaired) electrons. The van der Waals surface area contributed by atoms with Crippen LogP contribution in [-0.4, -0.2) is 25.6 Å². The van der Waals surface area contributed by atoms with E-state index in [-0.39, 0.29) is 0 Å². The van der Waals surface area contributed by atoms with E-state index >= 15 is 0 Å². The molecule has 1 rings (SSSR count). The smallest absolute Gasteiger partial charge is 0.131 e. The van der Waals surface area contributed by atoms with Gasteiger partial charge in [-0.2, -0.15) is 0 Å². The van der Waals surface area contributed by atoms with Crippen LogP contribution in [0.15, 0.2) is 18.3 Å². The lowest BCUT2D eigenvalue weighted by Gasteiger charge is -2.15. The maximum atomic E-state index is 5.46. The number of hydrogen-bond donors (Lipinski definition) is 1. The first-order valence-corrected chi connectivity index (χ1v) is 5.07. The standard InChI is InChI=1S/C11H19N3/c1-14(2)11-10(6-3-4-8-12)7-5-9-13-11/h5,7,9H,3-4,6,8,12H2,1-2H3. The molecule has 0 amide bonds. The molecule has 1 heterocycles. The third-order valence-electron chi connectivity index (χ3n) is 2.19. The molecule has 0 spiro atoms. The van der Waals surface area contributed by atoms with Crippen molar-refractivity contribution in [2.24, 2.45) is 5.73 Å². The average Bonchev–Trinajstić information content (AvgIpc) is 2.19. The van der Waals surface area contributed by atoms with Gasteiger partial charge in [-0.25, -0.2) is 4.98 Å². The van der Waals surface area contributed by atoms with Crippen LogP contribution < -0.4 is 10.6 Å². The van der Waals surface area contributed by atoms with Crippen LogP contribution >= 0.6 is 0 Å². The summed E-state index contributed by atoms with van der Waals surface area (Å²) in [4.78, 5) is 6.40. The molecular weight excluding hydrogens is 174 g/mol. The van der Waals surface area contributed by atoms with Gasteiger partial charge in [-0.05, 0) is 37.4 Å². The minimum atomic E-state index is 0.775. The summed E-state index contributed by atoms with van der Waals surface area (Å²) in [7, 11) is 4.05. The van der Waals surface area contributed by atoms with Crippen molar-refractivity contribution in [1.29, 1.82) is 0 Å². The highest BCUT2D eigenvalue weighted by Gasteiger charge is 2.03. The molecule has 78 valence electrons. The Labute approximate surface area is 85.9 Å². The van der Waals surface area contributed by atoms with E-state index in [1.807, 2.05) is 26.4 Å². The number of hydrogen-bond acceptors (Lipinski definition) is 3. The lowest BCUT2D eigenvalue weighted by Crippen LogP contribution is -2.13. The molecule has 0 saturated heterocycles. The largest absolute Gasteiger partial charge is 0.363 e. The highest BCUT2D eigenvalue weighted by molar-refractivity contribution is 5.45. The van der Waals surface area contributed by atoms with Crippen LogP contribution in [-0.2, 0) is 6.42 Å². The zero-order chi connectivity index (χ0) is 10.4. The number of aryl methyl sites for hydroxylation is 1. The molecule has 0 unspecified atom stereocenters. The third kappa shape index (κ3) is 3.00. The Bertz CT molecular complexity index is 271. The zero-order valence-electron chi connectivity index (χ0n) is 9.03. The van der Waals surface area contributed by atoms with Gasteiger partial charge in [-0.15, -0.1) is 0 Å². The van der Waals surface area contributed by atoms with Crippen LogP contribution in [0, 0.1) is 0 Å². The molecule has 0 fully saturated rings. The van der Waals surface area contributed by atoms with Crippen LogP contribution in [0.4, 0.5) is 5.82 Å². The van der Waals surface area contributed by atoms with Crippen LogP contribution in [0.25, 0.3) is 0 Å². The summed E-state index contributed by atoms with van der Waals surface area (Å²) >= 11 is 0. The van der Waals surface area contributed by atoms with Gasteiger partial charge in [-0.3, -0.25) is 0 Å². The van der Waals surface area contributed by atoms with Gasteiger partial charge in [0.15, 0.2) is 0 Å². The summed E-state index contributed by atoms with van der Waals surface area (Å²) in [5.41, 5.74) is 6.78. The van der Waals surface area contributed by atoms with Gasteiger partial charge in [0.1, 0.15) is 5.82 Å². The van der Waals surface area contributed by atoms with Crippen molar-refractivity contribution in [2.45, 2.75) is 19.3 Å². The fourth-order valence-corrected chi connectivity index (χ4v) is 1.49. The highest BCUT2D eigenvalue weighted by atomic mass is 15.1. The molecule has 0 saturated carbocycles. The molecule has 3 heteroatoms. The second-order valence-corrected chi connectivity index (χ2v) is 3.63. The van der Waals surface area contributed by atoms with Crippen LogP contribution in [0.2, 0.25) is 0 Å². The van der Waals surface area contributed by atoms with Gasteiger partial charge in [0.05, 0.1) is 0 Å². The van der Waals surface area contributed by atoms with Gasteiger partial charge in [0.2, 0.25) is 0 Å². The Morgan fingerprint density at radius 1 is 1.36 bits per heavy atom.